The highest BCUT2D eigenvalue weighted by molar-refractivity contribution is 6.05. The van der Waals surface area contributed by atoms with Crippen LogP contribution in [0.5, 0.6) is 0 Å². The molecular weight excluding hydrogens is 289 g/mol. The Bertz CT molecular complexity index is 630. The Balaban J connectivity index is 2.01. The summed E-state index contributed by atoms with van der Waals surface area (Å²) in [5.41, 5.74) is -0.567. The number of halogens is 1. The molecule has 0 aliphatic carbocycles. The second kappa shape index (κ2) is 6.13. The van der Waals surface area contributed by atoms with E-state index in [4.69, 9.17) is 4.84 Å². The fourth-order valence-corrected chi connectivity index (χ4v) is 2.00. The first-order valence-corrected chi connectivity index (χ1v) is 6.82. The molecule has 0 fully saturated rings. The Kier molecular flexibility index (Phi) is 4.44. The van der Waals surface area contributed by atoms with Gasteiger partial charge in [0.05, 0.1) is 12.3 Å². The van der Waals surface area contributed by atoms with Gasteiger partial charge in [-0.2, -0.15) is 0 Å². The van der Waals surface area contributed by atoms with Crippen molar-refractivity contribution >= 4 is 17.5 Å². The summed E-state index contributed by atoms with van der Waals surface area (Å²) in [5.74, 6) is -1.11. The average Bonchev–Trinajstić information content (AvgIpc) is 2.88. The smallest absolute Gasteiger partial charge is 0.267 e. The number of hydrogen-bond acceptors (Lipinski definition) is 4. The SMILES string of the molecule is CN(C)C(=O)CNC(=O)[C@]1(C)CC(c2ccccc2F)=NO1. The number of rotatable bonds is 4. The van der Waals surface area contributed by atoms with E-state index in [0.29, 0.717) is 11.3 Å². The van der Waals surface area contributed by atoms with Crippen LogP contribution >= 0.6 is 0 Å². The predicted octanol–water partition coefficient (Wildman–Crippen LogP) is 0.913. The lowest BCUT2D eigenvalue weighted by molar-refractivity contribution is -0.143. The molecule has 1 heterocycles. The molecule has 6 nitrogen and oxygen atoms in total. The molecule has 1 aliphatic rings. The summed E-state index contributed by atoms with van der Waals surface area (Å²) in [6.07, 6.45) is 0.135. The Morgan fingerprint density at radius 3 is 2.73 bits per heavy atom. The Labute approximate surface area is 127 Å². The summed E-state index contributed by atoms with van der Waals surface area (Å²) in [5, 5.41) is 6.33. The predicted molar refractivity (Wildman–Crippen MR) is 78.7 cm³/mol. The van der Waals surface area contributed by atoms with E-state index in [1.165, 1.54) is 11.0 Å². The van der Waals surface area contributed by atoms with E-state index < -0.39 is 17.3 Å². The zero-order valence-corrected chi connectivity index (χ0v) is 12.7. The van der Waals surface area contributed by atoms with Crippen molar-refractivity contribution in [3.05, 3.63) is 35.6 Å². The molecule has 0 saturated heterocycles. The van der Waals surface area contributed by atoms with Crippen LogP contribution < -0.4 is 5.32 Å². The number of oxime groups is 1. The van der Waals surface area contributed by atoms with Crippen LogP contribution in [0, 0.1) is 5.82 Å². The minimum Gasteiger partial charge on any atom is -0.379 e. The van der Waals surface area contributed by atoms with Crippen molar-refractivity contribution in [2.45, 2.75) is 18.9 Å². The Morgan fingerprint density at radius 1 is 1.41 bits per heavy atom. The van der Waals surface area contributed by atoms with Gasteiger partial charge in [-0.05, 0) is 13.0 Å². The maximum Gasteiger partial charge on any atom is 0.267 e. The van der Waals surface area contributed by atoms with Crippen LogP contribution in [-0.4, -0.2) is 48.7 Å². The molecule has 2 rings (SSSR count). The third kappa shape index (κ3) is 3.24. The molecule has 1 N–H and O–H groups in total. The lowest BCUT2D eigenvalue weighted by atomic mass is 9.95. The Morgan fingerprint density at radius 2 is 2.09 bits per heavy atom. The van der Waals surface area contributed by atoms with Crippen molar-refractivity contribution in [2.24, 2.45) is 5.16 Å². The van der Waals surface area contributed by atoms with Crippen LogP contribution in [0.4, 0.5) is 4.39 Å². The van der Waals surface area contributed by atoms with Crippen LogP contribution in [0.2, 0.25) is 0 Å². The minimum absolute atomic E-state index is 0.125. The van der Waals surface area contributed by atoms with Crippen LogP contribution in [0.3, 0.4) is 0 Å². The normalized spacial score (nSPS) is 20.1. The van der Waals surface area contributed by atoms with Gasteiger partial charge in [0.25, 0.3) is 5.91 Å². The Hall–Kier alpha value is -2.44. The number of carbonyl (C=O) groups is 2. The zero-order valence-electron chi connectivity index (χ0n) is 12.7. The first kappa shape index (κ1) is 15.9. The van der Waals surface area contributed by atoms with Gasteiger partial charge in [-0.3, -0.25) is 9.59 Å². The van der Waals surface area contributed by atoms with Crippen LogP contribution in [0.1, 0.15) is 18.9 Å². The topological polar surface area (TPSA) is 71.0 Å². The summed E-state index contributed by atoms with van der Waals surface area (Å²) in [6.45, 7) is 1.43. The fourth-order valence-electron chi connectivity index (χ4n) is 2.00. The highest BCUT2D eigenvalue weighted by Gasteiger charge is 2.42. The van der Waals surface area contributed by atoms with Crippen LogP contribution in [0.25, 0.3) is 0 Å². The van der Waals surface area contributed by atoms with Gasteiger partial charge in [0.2, 0.25) is 11.5 Å². The second-order valence-corrected chi connectivity index (χ2v) is 5.49. The van der Waals surface area contributed by atoms with Gasteiger partial charge in [-0.15, -0.1) is 0 Å². The second-order valence-electron chi connectivity index (χ2n) is 5.49. The van der Waals surface area contributed by atoms with E-state index in [1.807, 2.05) is 0 Å². The molecule has 0 saturated carbocycles. The first-order chi connectivity index (χ1) is 10.3. The van der Waals surface area contributed by atoms with E-state index in [9.17, 15) is 14.0 Å². The lowest BCUT2D eigenvalue weighted by Crippen LogP contribution is -2.47. The quantitative estimate of drug-likeness (QED) is 0.899. The zero-order chi connectivity index (χ0) is 16.3. The minimum atomic E-state index is -1.25. The fraction of sp³-hybridized carbons (Fsp3) is 0.400. The van der Waals surface area contributed by atoms with E-state index >= 15 is 0 Å². The van der Waals surface area contributed by atoms with Gasteiger partial charge in [0.1, 0.15) is 5.82 Å². The molecule has 7 heteroatoms. The molecule has 2 amide bonds. The highest BCUT2D eigenvalue weighted by Crippen LogP contribution is 2.27. The number of likely N-dealkylation sites (N-methyl/N-ethyl adjacent to an activating group) is 1. The van der Waals surface area contributed by atoms with Crippen molar-refractivity contribution in [3.63, 3.8) is 0 Å². The maximum atomic E-state index is 13.8. The summed E-state index contributed by atoms with van der Waals surface area (Å²) in [6, 6.07) is 6.17. The lowest BCUT2D eigenvalue weighted by Gasteiger charge is -2.21. The molecule has 1 aliphatic heterocycles. The van der Waals surface area contributed by atoms with Crippen molar-refractivity contribution in [2.75, 3.05) is 20.6 Å². The first-order valence-electron chi connectivity index (χ1n) is 6.82. The van der Waals surface area contributed by atoms with Crippen molar-refractivity contribution in [3.8, 4) is 0 Å². The van der Waals surface area contributed by atoms with Crippen LogP contribution in [-0.2, 0) is 14.4 Å². The number of amides is 2. The highest BCUT2D eigenvalue weighted by atomic mass is 19.1. The number of benzene rings is 1. The third-order valence-corrected chi connectivity index (χ3v) is 3.43. The molecule has 0 spiro atoms. The van der Waals surface area contributed by atoms with E-state index in [-0.39, 0.29) is 18.9 Å². The van der Waals surface area contributed by atoms with Gasteiger partial charge in [-0.1, -0.05) is 23.4 Å². The number of hydrogen-bond donors (Lipinski definition) is 1. The molecule has 0 radical (unpaired) electrons. The largest absolute Gasteiger partial charge is 0.379 e. The molecule has 118 valence electrons. The third-order valence-electron chi connectivity index (χ3n) is 3.43. The van der Waals surface area contributed by atoms with Crippen LogP contribution in [0.15, 0.2) is 29.4 Å². The van der Waals surface area contributed by atoms with Gasteiger partial charge in [0.15, 0.2) is 0 Å². The maximum absolute atomic E-state index is 13.8. The molecular formula is C15H18FN3O3. The number of nitrogens with one attached hydrogen (secondary N) is 1. The van der Waals surface area contributed by atoms with Gasteiger partial charge in [0, 0.05) is 26.1 Å². The van der Waals surface area contributed by atoms with Gasteiger partial charge in [-0.25, -0.2) is 4.39 Å². The van der Waals surface area contributed by atoms with Gasteiger partial charge >= 0.3 is 0 Å². The monoisotopic (exact) mass is 307 g/mol. The van der Waals surface area contributed by atoms with E-state index in [1.54, 1.807) is 39.2 Å². The number of carbonyl (C=O) groups excluding carboxylic acids is 2. The molecule has 1 aromatic carbocycles. The molecule has 0 unspecified atom stereocenters. The van der Waals surface area contributed by atoms with Crippen molar-refractivity contribution < 1.29 is 18.8 Å². The van der Waals surface area contributed by atoms with Crippen molar-refractivity contribution in [1.29, 1.82) is 0 Å². The molecule has 22 heavy (non-hydrogen) atoms. The van der Waals surface area contributed by atoms with E-state index in [2.05, 4.69) is 10.5 Å². The standard InChI is InChI=1S/C15H18FN3O3/c1-15(14(21)17-9-13(20)19(2)3)8-12(18-22-15)10-6-4-5-7-11(10)16/h4-7H,8-9H2,1-3H3,(H,17,21)/t15-/m0/s1. The summed E-state index contributed by atoms with van der Waals surface area (Å²) in [4.78, 5) is 30.2. The van der Waals surface area contributed by atoms with Crippen molar-refractivity contribution in [1.82, 2.24) is 10.2 Å². The summed E-state index contributed by atoms with van der Waals surface area (Å²) in [7, 11) is 3.20. The number of nitrogens with zero attached hydrogens (tertiary/aromatic N) is 2. The van der Waals surface area contributed by atoms with E-state index in [0.717, 1.165) is 0 Å². The average molecular weight is 307 g/mol. The molecule has 1 aromatic rings. The molecule has 0 aromatic heterocycles. The summed E-state index contributed by atoms with van der Waals surface area (Å²) >= 11 is 0. The summed E-state index contributed by atoms with van der Waals surface area (Å²) < 4.78 is 13.8. The molecule has 1 atom stereocenters. The van der Waals surface area contributed by atoms with Gasteiger partial charge < -0.3 is 15.1 Å². The molecule has 0 bridgehead atoms.